The largest absolute Gasteiger partial charge is 0.486 e. The molecule has 0 fully saturated rings. The number of halogens is 3. The minimum Gasteiger partial charge on any atom is -0.486 e. The molecule has 1 aromatic carbocycles. The first-order valence-corrected chi connectivity index (χ1v) is 9.87. The number of nitrogens with one attached hydrogen (secondary N) is 1. The molecule has 1 atom stereocenters. The number of carbonyl (C=O) groups excluding carboxylic acids is 2. The van der Waals surface area contributed by atoms with Crippen LogP contribution in [0.3, 0.4) is 0 Å². The number of amides is 2. The summed E-state index contributed by atoms with van der Waals surface area (Å²) in [6, 6.07) is 6.08. The fourth-order valence-corrected chi connectivity index (χ4v) is 3.40. The fourth-order valence-electron chi connectivity index (χ4n) is 3.16. The lowest BCUT2D eigenvalue weighted by atomic mass is 10.1. The molecule has 2 heterocycles. The number of pyridine rings is 1. The SMILES string of the molecule is CC(C)C(=O)Nc1nccc2c1CN(C(C)c1ccc(OCC(F)F)c(Cl)c1)C2=O. The highest BCUT2D eigenvalue weighted by Crippen LogP contribution is 2.36. The maximum Gasteiger partial charge on any atom is 0.272 e. The summed E-state index contributed by atoms with van der Waals surface area (Å²) in [6.45, 7) is 4.92. The Hall–Kier alpha value is -2.74. The molecule has 30 heavy (non-hydrogen) atoms. The smallest absolute Gasteiger partial charge is 0.272 e. The lowest BCUT2D eigenvalue weighted by Gasteiger charge is -2.25. The van der Waals surface area contributed by atoms with Gasteiger partial charge in [0, 0.05) is 23.2 Å². The molecule has 0 spiro atoms. The van der Waals surface area contributed by atoms with Gasteiger partial charge in [-0.2, -0.15) is 0 Å². The topological polar surface area (TPSA) is 71.5 Å². The fraction of sp³-hybridized carbons (Fsp3) is 0.381. The van der Waals surface area contributed by atoms with Crippen LogP contribution in [0, 0.1) is 5.92 Å². The number of hydrogen-bond acceptors (Lipinski definition) is 4. The molecule has 1 unspecified atom stereocenters. The van der Waals surface area contributed by atoms with Crippen molar-refractivity contribution in [1.82, 2.24) is 9.88 Å². The molecule has 3 rings (SSSR count). The monoisotopic (exact) mass is 437 g/mol. The Morgan fingerprint density at radius 2 is 2.03 bits per heavy atom. The molecule has 2 aromatic rings. The molecule has 9 heteroatoms. The number of hydrogen-bond donors (Lipinski definition) is 1. The molecule has 0 bridgehead atoms. The zero-order valence-electron chi connectivity index (χ0n) is 16.8. The van der Waals surface area contributed by atoms with Crippen molar-refractivity contribution in [2.75, 3.05) is 11.9 Å². The Kier molecular flexibility index (Phi) is 6.55. The first-order valence-electron chi connectivity index (χ1n) is 9.49. The zero-order valence-corrected chi connectivity index (χ0v) is 17.5. The number of alkyl halides is 2. The first-order chi connectivity index (χ1) is 14.2. The van der Waals surface area contributed by atoms with Crippen LogP contribution in [-0.2, 0) is 11.3 Å². The van der Waals surface area contributed by atoms with Gasteiger partial charge in [-0.3, -0.25) is 9.59 Å². The summed E-state index contributed by atoms with van der Waals surface area (Å²) in [5.41, 5.74) is 1.87. The van der Waals surface area contributed by atoms with Gasteiger partial charge in [-0.15, -0.1) is 0 Å². The number of carbonyl (C=O) groups is 2. The first kappa shape index (κ1) is 22.0. The van der Waals surface area contributed by atoms with Crippen LogP contribution >= 0.6 is 11.6 Å². The summed E-state index contributed by atoms with van der Waals surface area (Å²) < 4.78 is 29.7. The van der Waals surface area contributed by atoms with Crippen molar-refractivity contribution >= 4 is 29.2 Å². The molecule has 1 aromatic heterocycles. The Morgan fingerprint density at radius 3 is 2.67 bits per heavy atom. The van der Waals surface area contributed by atoms with Crippen molar-refractivity contribution in [2.45, 2.75) is 39.8 Å². The van der Waals surface area contributed by atoms with Crippen LogP contribution in [0.25, 0.3) is 0 Å². The number of nitrogens with zero attached hydrogens (tertiary/aromatic N) is 2. The van der Waals surface area contributed by atoms with Crippen molar-refractivity contribution in [3.63, 3.8) is 0 Å². The minimum atomic E-state index is -2.60. The molecule has 6 nitrogen and oxygen atoms in total. The normalized spacial score (nSPS) is 14.3. The summed E-state index contributed by atoms with van der Waals surface area (Å²) in [4.78, 5) is 30.9. The average molecular weight is 438 g/mol. The van der Waals surface area contributed by atoms with Crippen molar-refractivity contribution in [2.24, 2.45) is 5.92 Å². The predicted molar refractivity (Wildman–Crippen MR) is 109 cm³/mol. The Bertz CT molecular complexity index is 969. The van der Waals surface area contributed by atoms with Gasteiger partial charge in [-0.05, 0) is 30.7 Å². The van der Waals surface area contributed by atoms with E-state index in [1.807, 2.05) is 6.92 Å². The van der Waals surface area contributed by atoms with Crippen molar-refractivity contribution in [3.05, 3.63) is 52.2 Å². The van der Waals surface area contributed by atoms with Crippen molar-refractivity contribution in [1.29, 1.82) is 0 Å². The number of rotatable bonds is 7. The van der Waals surface area contributed by atoms with Crippen LogP contribution in [0.4, 0.5) is 14.6 Å². The summed E-state index contributed by atoms with van der Waals surface area (Å²) in [5.74, 6) is -0.0484. The second-order valence-electron chi connectivity index (χ2n) is 7.33. The van der Waals surface area contributed by atoms with Gasteiger partial charge in [0.25, 0.3) is 12.3 Å². The van der Waals surface area contributed by atoms with Crippen molar-refractivity contribution in [3.8, 4) is 5.75 Å². The number of anilines is 1. The van der Waals surface area contributed by atoms with Gasteiger partial charge in [0.05, 0.1) is 17.6 Å². The van der Waals surface area contributed by atoms with Gasteiger partial charge >= 0.3 is 0 Å². The van der Waals surface area contributed by atoms with E-state index in [4.69, 9.17) is 16.3 Å². The van der Waals surface area contributed by atoms with E-state index in [9.17, 15) is 18.4 Å². The van der Waals surface area contributed by atoms with Crippen molar-refractivity contribution < 1.29 is 23.1 Å². The molecule has 1 aliphatic heterocycles. The van der Waals surface area contributed by atoms with Gasteiger partial charge in [-0.1, -0.05) is 31.5 Å². The summed E-state index contributed by atoms with van der Waals surface area (Å²) in [7, 11) is 0. The molecule has 160 valence electrons. The molecule has 2 amide bonds. The number of benzene rings is 1. The van der Waals surface area contributed by atoms with E-state index in [0.29, 0.717) is 16.9 Å². The number of fused-ring (bicyclic) bond motifs is 1. The molecule has 0 saturated heterocycles. The Labute approximate surface area is 178 Å². The minimum absolute atomic E-state index is 0.159. The van der Waals surface area contributed by atoms with E-state index in [0.717, 1.165) is 5.56 Å². The number of aromatic nitrogens is 1. The molecule has 0 radical (unpaired) electrons. The van der Waals surface area contributed by atoms with Gasteiger partial charge in [0.15, 0.2) is 0 Å². The quantitative estimate of drug-likeness (QED) is 0.682. The van der Waals surface area contributed by atoms with Gasteiger partial charge in [0.2, 0.25) is 5.91 Å². The molecular weight excluding hydrogens is 416 g/mol. The second kappa shape index (κ2) is 8.95. The Morgan fingerprint density at radius 1 is 1.30 bits per heavy atom. The van der Waals surface area contributed by atoms with Crippen LogP contribution in [0.5, 0.6) is 5.75 Å². The molecule has 0 saturated carbocycles. The predicted octanol–water partition coefficient (Wildman–Crippen LogP) is 4.69. The number of ether oxygens (including phenoxy) is 1. The van der Waals surface area contributed by atoms with E-state index >= 15 is 0 Å². The van der Waals surface area contributed by atoms with E-state index < -0.39 is 13.0 Å². The van der Waals surface area contributed by atoms with E-state index in [-0.39, 0.29) is 41.1 Å². The third-order valence-electron chi connectivity index (χ3n) is 4.91. The molecular formula is C21H22ClF2N3O3. The van der Waals surface area contributed by atoms with Crippen LogP contribution in [0.15, 0.2) is 30.5 Å². The van der Waals surface area contributed by atoms with Crippen LogP contribution < -0.4 is 10.1 Å². The molecule has 1 aliphatic rings. The summed E-state index contributed by atoms with van der Waals surface area (Å²) >= 11 is 6.17. The highest BCUT2D eigenvalue weighted by atomic mass is 35.5. The standard InChI is InChI=1S/C21H22ClF2N3O3/c1-11(2)20(28)26-19-15-9-27(21(29)14(15)6-7-25-19)12(3)13-4-5-17(16(22)8-13)30-10-18(23)24/h4-8,11-12,18H,9-10H2,1-3H3,(H,25,26,28). The van der Waals surface area contributed by atoms with Gasteiger partial charge in [-0.25, -0.2) is 13.8 Å². The summed E-state index contributed by atoms with van der Waals surface area (Å²) in [5, 5.41) is 2.96. The van der Waals surface area contributed by atoms with Crippen LogP contribution in [0.2, 0.25) is 5.02 Å². The molecule has 1 N–H and O–H groups in total. The maximum absolute atomic E-state index is 13.0. The lowest BCUT2D eigenvalue weighted by molar-refractivity contribution is -0.118. The highest BCUT2D eigenvalue weighted by molar-refractivity contribution is 6.32. The van der Waals surface area contributed by atoms with E-state index in [2.05, 4.69) is 10.3 Å². The third kappa shape index (κ3) is 4.53. The second-order valence-corrected chi connectivity index (χ2v) is 7.74. The Balaban J connectivity index is 1.80. The van der Waals surface area contributed by atoms with E-state index in [1.165, 1.54) is 12.3 Å². The third-order valence-corrected chi connectivity index (χ3v) is 5.21. The van der Waals surface area contributed by atoms with Gasteiger partial charge in [0.1, 0.15) is 18.2 Å². The van der Waals surface area contributed by atoms with Gasteiger partial charge < -0.3 is 15.0 Å². The average Bonchev–Trinajstić information content (AvgIpc) is 3.04. The van der Waals surface area contributed by atoms with E-state index in [1.54, 1.807) is 36.9 Å². The summed E-state index contributed by atoms with van der Waals surface area (Å²) in [6.07, 6.45) is -1.10. The lowest BCUT2D eigenvalue weighted by Crippen LogP contribution is -2.27. The maximum atomic E-state index is 13.0. The zero-order chi connectivity index (χ0) is 22.0. The van der Waals surface area contributed by atoms with Crippen LogP contribution in [0.1, 0.15) is 48.3 Å². The molecule has 0 aliphatic carbocycles. The van der Waals surface area contributed by atoms with Crippen LogP contribution in [-0.4, -0.2) is 34.7 Å². The highest BCUT2D eigenvalue weighted by Gasteiger charge is 2.34.